The van der Waals surface area contributed by atoms with Gasteiger partial charge >= 0.3 is 0 Å². The zero-order valence-corrected chi connectivity index (χ0v) is 83.8. The number of para-hydroxylation sites is 1. The van der Waals surface area contributed by atoms with Gasteiger partial charge in [-0.1, -0.05) is 140 Å². The first-order valence-corrected chi connectivity index (χ1v) is 51.0. The summed E-state index contributed by atoms with van der Waals surface area (Å²) >= 11 is 0. The summed E-state index contributed by atoms with van der Waals surface area (Å²) in [6, 6.07) is 78.7. The van der Waals surface area contributed by atoms with E-state index in [4.69, 9.17) is 43.3 Å². The van der Waals surface area contributed by atoms with Crippen LogP contribution in [0.25, 0.3) is 101 Å². The first-order chi connectivity index (χ1) is 71.3. The van der Waals surface area contributed by atoms with Gasteiger partial charge in [-0.15, -0.1) is 0 Å². The van der Waals surface area contributed by atoms with Crippen LogP contribution in [-0.2, 0) is 80.9 Å². The highest BCUT2D eigenvalue weighted by Crippen LogP contribution is 2.45. The predicted molar refractivity (Wildman–Crippen MR) is 563 cm³/mol. The quantitative estimate of drug-likeness (QED) is 0.0263. The molecule has 8 aromatic heterocycles. The van der Waals surface area contributed by atoms with Gasteiger partial charge in [0.1, 0.15) is 61.9 Å². The standard InChI is InChI=1S/C31H30N4O4S.C30H29FN4O2S.C29H26N4O4.C26H25N3O3/c1-31(2,3)40(37)35-17-24-14-26(30(36)33-15-20-9-10-27-28(12-20)39-19-38-27)34-29(25(24)18-35)22-7-4-6-21(13-22)23-8-5-11-32-16-23;1-30(2,3)38(37)35-18-24-15-27(29(36)33-17-23-8-4-5-12-26(23)31)34-28(25(24)19-35)21-10-6-9-20(14-21)22-11-7-13-32-16-22;34-10-8-23-27-22(16-31-23)13-24(29(35)32-14-18-6-7-25-26(11-18)37-17-36-25)33-28(27)20-4-1-3-19(12-20)21-5-2-9-30-15-21;1-2-27-26(31)21-13-19-15-28-20(10-11-30)24(19)25(29-21)18-8-5-7-16(12-18)23-14-17-6-3-4-9-22(17)32-23/h4-14,16H,15,17-19H2,1-3H3,(H,33,36);4-16H,17-19H2,1-3H3,(H,33,36);1-7,9,11-13,15,23,31,34H,8,10,14,16-17H2,(H,32,35);3-9,12-14,20,28,30H,2,10-11,15H2,1H3,(H,27,31)/t40-;;23-;20-/m1.11/s1. The lowest BCUT2D eigenvalue weighted by atomic mass is 9.94. The number of nitrogens with one attached hydrogen (secondary N) is 6. The fourth-order valence-electron chi connectivity index (χ4n) is 18.7. The van der Waals surface area contributed by atoms with Gasteiger partial charge < -0.3 is 65.5 Å². The number of aliphatic hydroxyl groups excluding tert-OH is 2. The molecule has 0 aliphatic carbocycles. The largest absolute Gasteiger partial charge is 0.456 e. The van der Waals surface area contributed by atoms with E-state index in [-0.39, 0.29) is 74.7 Å². The van der Waals surface area contributed by atoms with Crippen molar-refractivity contribution in [1.82, 2.24) is 75.4 Å². The third kappa shape index (κ3) is 22.9. The molecule has 8 N–H and O–H groups in total. The number of aliphatic hydroxyl groups is 2. The van der Waals surface area contributed by atoms with Crippen LogP contribution in [0.1, 0.15) is 177 Å². The van der Waals surface area contributed by atoms with Gasteiger partial charge in [0.2, 0.25) is 13.6 Å². The van der Waals surface area contributed by atoms with Crippen LogP contribution in [0.5, 0.6) is 23.0 Å². The number of benzene rings is 8. The van der Waals surface area contributed by atoms with Crippen LogP contribution in [0.15, 0.2) is 290 Å². The molecule has 31 heteroatoms. The Hall–Kier alpha value is -15.6. The number of nitrogens with zero attached hydrogens (tertiary/aromatic N) is 9. The minimum Gasteiger partial charge on any atom is -0.456 e. The first-order valence-electron chi connectivity index (χ1n) is 48.7. The Bertz CT molecular complexity index is 7650. The molecule has 0 fully saturated rings. The molecule has 0 saturated carbocycles. The van der Waals surface area contributed by atoms with Crippen LogP contribution in [0.4, 0.5) is 4.39 Å². The highest BCUT2D eigenvalue weighted by Gasteiger charge is 2.38. The van der Waals surface area contributed by atoms with E-state index in [0.717, 1.165) is 151 Å². The number of carbonyl (C=O) groups excluding carboxylic acids is 4. The van der Waals surface area contributed by atoms with Crippen molar-refractivity contribution < 1.29 is 65.6 Å². The van der Waals surface area contributed by atoms with E-state index in [9.17, 15) is 42.2 Å². The van der Waals surface area contributed by atoms with Crippen LogP contribution < -0.4 is 50.8 Å². The molecule has 6 aliphatic rings. The molecule has 4 amide bonds. The number of hydrogen-bond acceptors (Lipinski definition) is 22. The second-order valence-electron chi connectivity index (χ2n) is 38.1. The van der Waals surface area contributed by atoms with Crippen LogP contribution >= 0.6 is 0 Å². The summed E-state index contributed by atoms with van der Waals surface area (Å²) in [5, 5.41) is 38.8. The molecule has 28 nitrogen and oxygen atoms in total. The Morgan fingerprint density at radius 3 is 1.20 bits per heavy atom. The average molecular weight is 2010 g/mol. The number of rotatable bonds is 25. The minimum atomic E-state index is -1.23. The number of fused-ring (bicyclic) bond motifs is 7. The Morgan fingerprint density at radius 2 is 0.782 bits per heavy atom. The number of hydrogen-bond donors (Lipinski definition) is 8. The highest BCUT2D eigenvalue weighted by atomic mass is 32.2. The fourth-order valence-corrected chi connectivity index (χ4v) is 21.3. The molecule has 6 aliphatic heterocycles. The maximum absolute atomic E-state index is 14.1. The number of aromatic nitrogens is 7. The van der Waals surface area contributed by atoms with E-state index >= 15 is 0 Å². The molecule has 0 radical (unpaired) electrons. The summed E-state index contributed by atoms with van der Waals surface area (Å²) in [6.45, 7) is 18.6. The number of amides is 4. The van der Waals surface area contributed by atoms with Crippen molar-refractivity contribution in [3.05, 3.63) is 376 Å². The molecule has 8 aromatic carbocycles. The lowest BCUT2D eigenvalue weighted by Crippen LogP contribution is -2.34. The third-order valence-electron chi connectivity index (χ3n) is 25.9. The predicted octanol–water partition coefficient (Wildman–Crippen LogP) is 19.3. The van der Waals surface area contributed by atoms with Crippen molar-refractivity contribution in [2.45, 2.75) is 142 Å². The summed E-state index contributed by atoms with van der Waals surface area (Å²) in [5.41, 5.74) is 25.8. The van der Waals surface area contributed by atoms with E-state index in [1.54, 1.807) is 49.1 Å². The number of pyridine rings is 7. The van der Waals surface area contributed by atoms with Crippen LogP contribution in [0.2, 0.25) is 0 Å². The normalized spacial score (nSPS) is 15.0. The SMILES string of the molecule is CC(C)(C)S(=O)N1Cc2cc(C(=O)NCc3ccccc3F)nc(-c3cccc(-c4cccnc4)c3)c2C1.CC(C)(C)[S@@](=O)N1Cc2cc(C(=O)NCc3ccc4c(c3)OCO4)nc(-c3cccc(-c4cccnc4)c3)c2C1.CCNC(=O)c1cc2c(c(-c3cccc(-c4cc5ccccc5o4)c3)n1)[C@@H](CCO)NC2.O=C(NCc1ccc2c(c1)OCO2)c1cc2c(c(-c3cccc(-c4cccnc4)c3)n1)[C@@H](CCO)NC2. The summed E-state index contributed by atoms with van der Waals surface area (Å²) in [5.74, 6) is 2.06. The first kappa shape index (κ1) is 100. The van der Waals surface area contributed by atoms with Crippen molar-refractivity contribution in [1.29, 1.82) is 0 Å². The van der Waals surface area contributed by atoms with Gasteiger partial charge in [0.05, 0.1) is 32.3 Å². The molecule has 1 unspecified atom stereocenters. The van der Waals surface area contributed by atoms with Gasteiger partial charge in [0.25, 0.3) is 23.6 Å². The van der Waals surface area contributed by atoms with Crippen molar-refractivity contribution in [3.63, 3.8) is 0 Å². The molecule has 22 rings (SSSR count). The smallest absolute Gasteiger partial charge is 0.270 e. The Balaban J connectivity index is 0.000000124. The summed E-state index contributed by atoms with van der Waals surface area (Å²) in [4.78, 5) is 84.4. The van der Waals surface area contributed by atoms with E-state index in [0.29, 0.717) is 123 Å². The Morgan fingerprint density at radius 1 is 0.401 bits per heavy atom. The number of ether oxygens (including phenoxy) is 4. The van der Waals surface area contributed by atoms with Crippen LogP contribution in [0.3, 0.4) is 0 Å². The van der Waals surface area contributed by atoms with E-state index in [1.165, 1.54) is 6.07 Å². The molecular weight excluding hydrogens is 1890 g/mol. The Labute approximate surface area is 855 Å². The van der Waals surface area contributed by atoms with Gasteiger partial charge in [-0.3, -0.25) is 34.1 Å². The lowest BCUT2D eigenvalue weighted by Gasteiger charge is -2.24. The van der Waals surface area contributed by atoms with Gasteiger partial charge in [0.15, 0.2) is 23.0 Å². The topological polar surface area (TPSA) is 362 Å². The lowest BCUT2D eigenvalue weighted by molar-refractivity contribution is 0.0937. The number of halogens is 1. The van der Waals surface area contributed by atoms with Crippen molar-refractivity contribution in [2.24, 2.45) is 0 Å². The number of furan rings is 1. The van der Waals surface area contributed by atoms with Gasteiger partial charge in [-0.05, 0) is 243 Å². The molecule has 4 atom stereocenters. The molecule has 147 heavy (non-hydrogen) atoms. The second-order valence-corrected chi connectivity index (χ2v) is 42.6. The molecule has 746 valence electrons. The third-order valence-corrected chi connectivity index (χ3v) is 29.4. The molecule has 0 bridgehead atoms. The highest BCUT2D eigenvalue weighted by molar-refractivity contribution is 7.84. The number of carbonyl (C=O) groups is 4. The van der Waals surface area contributed by atoms with E-state index in [1.807, 2.05) is 270 Å². The van der Waals surface area contributed by atoms with Crippen molar-refractivity contribution in [3.8, 4) is 113 Å². The molecule has 0 saturated heterocycles. The second kappa shape index (κ2) is 44.6. The van der Waals surface area contributed by atoms with Gasteiger partial charge in [-0.25, -0.2) is 41.4 Å². The zero-order chi connectivity index (χ0) is 102. The maximum atomic E-state index is 14.1. The van der Waals surface area contributed by atoms with Crippen LogP contribution in [0, 0.1) is 5.82 Å². The minimum absolute atomic E-state index is 0.00403. The average Bonchev–Trinajstić information content (AvgIpc) is 1.62. The summed E-state index contributed by atoms with van der Waals surface area (Å²) < 4.78 is 71.4. The van der Waals surface area contributed by atoms with Crippen LogP contribution in [-0.4, -0.2) is 129 Å². The van der Waals surface area contributed by atoms with Gasteiger partial charge in [-0.2, -0.15) is 0 Å². The zero-order valence-electron chi connectivity index (χ0n) is 82.2. The summed E-state index contributed by atoms with van der Waals surface area (Å²) in [6.07, 6.45) is 11.8. The van der Waals surface area contributed by atoms with Gasteiger partial charge in [0, 0.05) is 183 Å². The molecular formula is C116H110FN15O13S2. The fraction of sp³-hybridized carbons (Fsp3) is 0.233. The Kier molecular flexibility index (Phi) is 30.3. The molecule has 0 spiro atoms. The maximum Gasteiger partial charge on any atom is 0.270 e. The summed E-state index contributed by atoms with van der Waals surface area (Å²) in [7, 11) is -2.44. The van der Waals surface area contributed by atoms with E-state index in [2.05, 4.69) is 65.1 Å². The molecule has 16 aromatic rings. The van der Waals surface area contributed by atoms with E-state index < -0.39 is 37.4 Å². The van der Waals surface area contributed by atoms with Crippen molar-refractivity contribution in [2.75, 3.05) is 33.3 Å². The monoisotopic (exact) mass is 2000 g/mol. The van der Waals surface area contributed by atoms with Crippen molar-refractivity contribution >= 4 is 56.6 Å². The molecule has 14 heterocycles.